The molecule has 0 saturated heterocycles. The van der Waals surface area contributed by atoms with Crippen LogP contribution in [-0.2, 0) is 5.41 Å². The van der Waals surface area contributed by atoms with Gasteiger partial charge in [0.1, 0.15) is 11.5 Å². The lowest BCUT2D eigenvalue weighted by Crippen LogP contribution is -2.18. The summed E-state index contributed by atoms with van der Waals surface area (Å²) in [5.74, 6) is 2.19. The minimum Gasteiger partial charge on any atom is -0.497 e. The third-order valence-electron chi connectivity index (χ3n) is 4.36. The zero-order valence-electron chi connectivity index (χ0n) is 13.7. The molecule has 3 heteroatoms. The highest BCUT2D eigenvalue weighted by molar-refractivity contribution is 5.44. The van der Waals surface area contributed by atoms with Crippen molar-refractivity contribution in [3.63, 3.8) is 0 Å². The SMILES string of the molecule is COc1ccc(OCCC2CCCC2O)c(C(C)(C)C)c1. The van der Waals surface area contributed by atoms with Gasteiger partial charge in [0.15, 0.2) is 0 Å². The molecule has 0 aromatic heterocycles. The Kier molecular flexibility index (Phi) is 5.15. The van der Waals surface area contributed by atoms with E-state index in [-0.39, 0.29) is 11.5 Å². The number of rotatable bonds is 5. The summed E-state index contributed by atoms with van der Waals surface area (Å²) in [7, 11) is 1.68. The minimum atomic E-state index is -0.133. The van der Waals surface area contributed by atoms with Crippen LogP contribution in [0.15, 0.2) is 18.2 Å². The van der Waals surface area contributed by atoms with E-state index < -0.39 is 0 Å². The van der Waals surface area contributed by atoms with Crippen LogP contribution in [0.1, 0.15) is 52.0 Å². The van der Waals surface area contributed by atoms with Gasteiger partial charge in [0.05, 0.1) is 19.8 Å². The van der Waals surface area contributed by atoms with Crippen LogP contribution in [0.5, 0.6) is 11.5 Å². The molecule has 21 heavy (non-hydrogen) atoms. The quantitative estimate of drug-likeness (QED) is 0.894. The van der Waals surface area contributed by atoms with Crippen molar-refractivity contribution >= 4 is 0 Å². The fraction of sp³-hybridized carbons (Fsp3) is 0.667. The van der Waals surface area contributed by atoms with Crippen molar-refractivity contribution in [2.75, 3.05) is 13.7 Å². The molecule has 1 fully saturated rings. The highest BCUT2D eigenvalue weighted by atomic mass is 16.5. The van der Waals surface area contributed by atoms with Crippen LogP contribution >= 0.6 is 0 Å². The Bertz CT molecular complexity index is 462. The Hall–Kier alpha value is -1.22. The molecule has 0 aliphatic heterocycles. The summed E-state index contributed by atoms with van der Waals surface area (Å²) < 4.78 is 11.3. The average molecular weight is 292 g/mol. The lowest BCUT2D eigenvalue weighted by Gasteiger charge is -2.24. The monoisotopic (exact) mass is 292 g/mol. The number of benzene rings is 1. The molecule has 0 bridgehead atoms. The van der Waals surface area contributed by atoms with Gasteiger partial charge in [-0.3, -0.25) is 0 Å². The van der Waals surface area contributed by atoms with Crippen LogP contribution in [0.2, 0.25) is 0 Å². The summed E-state index contributed by atoms with van der Waals surface area (Å²) >= 11 is 0. The highest BCUT2D eigenvalue weighted by Gasteiger charge is 2.25. The number of hydrogen-bond acceptors (Lipinski definition) is 3. The van der Waals surface area contributed by atoms with Gasteiger partial charge in [-0.2, -0.15) is 0 Å². The van der Waals surface area contributed by atoms with Crippen molar-refractivity contribution in [1.82, 2.24) is 0 Å². The first-order valence-electron chi connectivity index (χ1n) is 7.91. The Morgan fingerprint density at radius 2 is 2.00 bits per heavy atom. The van der Waals surface area contributed by atoms with Gasteiger partial charge in [-0.05, 0) is 48.8 Å². The van der Waals surface area contributed by atoms with Crippen molar-refractivity contribution < 1.29 is 14.6 Å². The third-order valence-corrected chi connectivity index (χ3v) is 4.36. The lowest BCUT2D eigenvalue weighted by molar-refractivity contribution is 0.116. The van der Waals surface area contributed by atoms with Crippen molar-refractivity contribution in [2.24, 2.45) is 5.92 Å². The van der Waals surface area contributed by atoms with Gasteiger partial charge < -0.3 is 14.6 Å². The van der Waals surface area contributed by atoms with Gasteiger partial charge in [-0.25, -0.2) is 0 Å². The van der Waals surface area contributed by atoms with Crippen molar-refractivity contribution in [1.29, 1.82) is 0 Å². The Labute approximate surface area is 128 Å². The van der Waals surface area contributed by atoms with Gasteiger partial charge in [0.25, 0.3) is 0 Å². The molecule has 1 aromatic rings. The van der Waals surface area contributed by atoms with E-state index in [0.29, 0.717) is 12.5 Å². The number of aliphatic hydroxyl groups is 1. The number of methoxy groups -OCH3 is 1. The van der Waals surface area contributed by atoms with Crippen LogP contribution in [0.25, 0.3) is 0 Å². The smallest absolute Gasteiger partial charge is 0.123 e. The molecule has 3 nitrogen and oxygen atoms in total. The van der Waals surface area contributed by atoms with Gasteiger partial charge in [-0.15, -0.1) is 0 Å². The fourth-order valence-electron chi connectivity index (χ4n) is 3.02. The predicted octanol–water partition coefficient (Wildman–Crippen LogP) is 3.92. The second-order valence-corrected chi connectivity index (χ2v) is 7.01. The van der Waals surface area contributed by atoms with E-state index in [2.05, 4.69) is 26.8 Å². The highest BCUT2D eigenvalue weighted by Crippen LogP contribution is 2.35. The van der Waals surface area contributed by atoms with E-state index >= 15 is 0 Å². The maximum absolute atomic E-state index is 9.87. The lowest BCUT2D eigenvalue weighted by atomic mass is 9.86. The van der Waals surface area contributed by atoms with Gasteiger partial charge in [0.2, 0.25) is 0 Å². The molecular weight excluding hydrogens is 264 g/mol. The van der Waals surface area contributed by atoms with E-state index in [1.165, 1.54) is 0 Å². The van der Waals surface area contributed by atoms with Crippen LogP contribution in [0, 0.1) is 5.92 Å². The second-order valence-electron chi connectivity index (χ2n) is 7.01. The van der Waals surface area contributed by atoms with E-state index in [4.69, 9.17) is 9.47 Å². The Morgan fingerprint density at radius 3 is 2.57 bits per heavy atom. The first-order chi connectivity index (χ1) is 9.91. The average Bonchev–Trinajstić information content (AvgIpc) is 2.83. The van der Waals surface area contributed by atoms with E-state index in [1.54, 1.807) is 7.11 Å². The molecule has 1 saturated carbocycles. The molecule has 1 aliphatic rings. The first kappa shape index (κ1) is 16.2. The summed E-state index contributed by atoms with van der Waals surface area (Å²) in [5, 5.41) is 9.87. The van der Waals surface area contributed by atoms with E-state index in [0.717, 1.165) is 42.7 Å². The van der Waals surface area contributed by atoms with Crippen molar-refractivity contribution in [3.05, 3.63) is 23.8 Å². The summed E-state index contributed by atoms with van der Waals surface area (Å²) in [4.78, 5) is 0. The molecule has 1 N–H and O–H groups in total. The molecule has 118 valence electrons. The molecular formula is C18H28O3. The van der Waals surface area contributed by atoms with E-state index in [1.807, 2.05) is 12.1 Å². The number of aliphatic hydroxyl groups excluding tert-OH is 1. The number of hydrogen-bond donors (Lipinski definition) is 1. The van der Waals surface area contributed by atoms with Gasteiger partial charge in [-0.1, -0.05) is 27.2 Å². The molecule has 1 aliphatic carbocycles. The Morgan fingerprint density at radius 1 is 1.24 bits per heavy atom. The molecule has 0 spiro atoms. The van der Waals surface area contributed by atoms with Crippen LogP contribution < -0.4 is 9.47 Å². The van der Waals surface area contributed by atoms with Crippen molar-refractivity contribution in [3.8, 4) is 11.5 Å². The van der Waals surface area contributed by atoms with Gasteiger partial charge >= 0.3 is 0 Å². The van der Waals surface area contributed by atoms with E-state index in [9.17, 15) is 5.11 Å². The fourth-order valence-corrected chi connectivity index (χ4v) is 3.02. The maximum atomic E-state index is 9.87. The molecule has 0 heterocycles. The first-order valence-corrected chi connectivity index (χ1v) is 7.91. The standard InChI is InChI=1S/C18H28O3/c1-18(2,3)15-12-14(20-4)8-9-17(15)21-11-10-13-6-5-7-16(13)19/h8-9,12-13,16,19H,5-7,10-11H2,1-4H3. The second kappa shape index (κ2) is 6.69. The summed E-state index contributed by atoms with van der Waals surface area (Å²) in [6.07, 6.45) is 4.00. The van der Waals surface area contributed by atoms with Crippen LogP contribution in [0.4, 0.5) is 0 Å². The molecule has 1 aromatic carbocycles. The molecule has 0 radical (unpaired) electrons. The molecule has 0 amide bonds. The molecule has 2 atom stereocenters. The topological polar surface area (TPSA) is 38.7 Å². The zero-order chi connectivity index (χ0) is 15.5. The predicted molar refractivity (Wildman–Crippen MR) is 85.2 cm³/mol. The summed E-state index contributed by atoms with van der Waals surface area (Å²) in [6.45, 7) is 7.19. The van der Waals surface area contributed by atoms with Crippen LogP contribution in [-0.4, -0.2) is 24.9 Å². The number of ether oxygens (including phenoxy) is 2. The zero-order valence-corrected chi connectivity index (χ0v) is 13.7. The normalized spacial score (nSPS) is 22.3. The summed E-state index contributed by atoms with van der Waals surface area (Å²) in [5.41, 5.74) is 1.17. The largest absolute Gasteiger partial charge is 0.497 e. The maximum Gasteiger partial charge on any atom is 0.123 e. The molecule has 2 unspecified atom stereocenters. The molecule has 2 rings (SSSR count). The Balaban J connectivity index is 2.02. The summed E-state index contributed by atoms with van der Waals surface area (Å²) in [6, 6.07) is 5.99. The van der Waals surface area contributed by atoms with Gasteiger partial charge in [0, 0.05) is 5.56 Å². The third kappa shape index (κ3) is 4.13. The minimum absolute atomic E-state index is 0.0107. The van der Waals surface area contributed by atoms with Crippen LogP contribution in [0.3, 0.4) is 0 Å². The van der Waals surface area contributed by atoms with Crippen molar-refractivity contribution in [2.45, 2.75) is 58.0 Å².